The predicted octanol–water partition coefficient (Wildman–Crippen LogP) is 3.06. The van der Waals surface area contributed by atoms with Crippen LogP contribution in [0.3, 0.4) is 0 Å². The van der Waals surface area contributed by atoms with Crippen molar-refractivity contribution in [2.75, 3.05) is 21.3 Å². The van der Waals surface area contributed by atoms with E-state index in [-0.39, 0.29) is 11.3 Å². The van der Waals surface area contributed by atoms with E-state index in [2.05, 4.69) is 0 Å². The number of likely N-dealkylation sites (N-methyl/N-ethyl adjacent to an activating group) is 1. The van der Waals surface area contributed by atoms with Crippen molar-refractivity contribution in [1.29, 1.82) is 0 Å². The van der Waals surface area contributed by atoms with Crippen LogP contribution in [0.25, 0.3) is 5.76 Å². The van der Waals surface area contributed by atoms with Crippen molar-refractivity contribution < 1.29 is 24.2 Å². The first-order valence-electron chi connectivity index (χ1n) is 8.42. The third-order valence-electron chi connectivity index (χ3n) is 4.72. The Balaban J connectivity index is 2.17. The molecule has 1 saturated heterocycles. The van der Waals surface area contributed by atoms with Crippen LogP contribution in [0.4, 0.5) is 0 Å². The minimum atomic E-state index is -0.717. The van der Waals surface area contributed by atoms with Gasteiger partial charge in [0, 0.05) is 12.6 Å². The molecule has 2 aromatic rings. The Hall–Kier alpha value is -3.28. The fourth-order valence-corrected chi connectivity index (χ4v) is 3.23. The lowest BCUT2D eigenvalue weighted by Gasteiger charge is -2.22. The highest BCUT2D eigenvalue weighted by molar-refractivity contribution is 6.46. The number of amides is 1. The number of methoxy groups -OCH3 is 2. The average molecular weight is 367 g/mol. The number of carbonyl (C=O) groups is 2. The van der Waals surface area contributed by atoms with E-state index in [0.717, 1.165) is 5.56 Å². The van der Waals surface area contributed by atoms with Crippen molar-refractivity contribution in [3.8, 4) is 11.5 Å². The number of aliphatic hydroxyl groups excluding tert-OH is 1. The topological polar surface area (TPSA) is 76.1 Å². The van der Waals surface area contributed by atoms with Crippen LogP contribution in [0.5, 0.6) is 11.5 Å². The van der Waals surface area contributed by atoms with Gasteiger partial charge >= 0.3 is 0 Å². The SMILES string of the molecule is COc1ccc(C2/C(=C(\O)c3ccc(C)cc3)C(=O)C(=O)N2C)cc1OC. The number of rotatable bonds is 4. The van der Waals surface area contributed by atoms with Gasteiger partial charge in [0.05, 0.1) is 25.8 Å². The highest BCUT2D eigenvalue weighted by Crippen LogP contribution is 2.41. The quantitative estimate of drug-likeness (QED) is 0.511. The first kappa shape index (κ1) is 18.5. The Morgan fingerprint density at radius 1 is 1.00 bits per heavy atom. The predicted molar refractivity (Wildman–Crippen MR) is 101 cm³/mol. The second-order valence-electron chi connectivity index (χ2n) is 6.39. The average Bonchev–Trinajstić information content (AvgIpc) is 2.91. The lowest BCUT2D eigenvalue weighted by atomic mass is 9.95. The number of carbonyl (C=O) groups excluding carboxylic acids is 2. The zero-order valence-electron chi connectivity index (χ0n) is 15.6. The van der Waals surface area contributed by atoms with Gasteiger partial charge in [0.15, 0.2) is 11.5 Å². The molecular weight excluding hydrogens is 346 g/mol. The number of ether oxygens (including phenoxy) is 2. The molecule has 0 bridgehead atoms. The number of benzene rings is 2. The van der Waals surface area contributed by atoms with Crippen LogP contribution >= 0.6 is 0 Å². The van der Waals surface area contributed by atoms with Crippen LogP contribution in [-0.4, -0.2) is 43.0 Å². The zero-order valence-corrected chi connectivity index (χ0v) is 15.6. The molecule has 1 amide bonds. The minimum absolute atomic E-state index is 0.0542. The normalized spacial score (nSPS) is 18.7. The molecular formula is C21H21NO5. The van der Waals surface area contributed by atoms with Crippen molar-refractivity contribution >= 4 is 17.4 Å². The molecule has 2 aromatic carbocycles. The number of hydrogen-bond donors (Lipinski definition) is 1. The molecule has 1 fully saturated rings. The van der Waals surface area contributed by atoms with E-state index >= 15 is 0 Å². The number of aryl methyl sites for hydroxylation is 1. The van der Waals surface area contributed by atoms with Crippen molar-refractivity contribution in [1.82, 2.24) is 4.90 Å². The second kappa shape index (κ2) is 7.15. The third kappa shape index (κ3) is 3.14. The Morgan fingerprint density at radius 3 is 2.22 bits per heavy atom. The molecule has 140 valence electrons. The number of aliphatic hydroxyl groups is 1. The van der Waals surface area contributed by atoms with Gasteiger partial charge in [-0.2, -0.15) is 0 Å². The van der Waals surface area contributed by atoms with Gasteiger partial charge < -0.3 is 19.5 Å². The number of likely N-dealkylation sites (tertiary alicyclic amines) is 1. The zero-order chi connectivity index (χ0) is 19.7. The summed E-state index contributed by atoms with van der Waals surface area (Å²) in [6.45, 7) is 1.93. The highest BCUT2D eigenvalue weighted by Gasteiger charge is 2.44. The van der Waals surface area contributed by atoms with E-state index in [1.165, 1.54) is 26.2 Å². The van der Waals surface area contributed by atoms with Gasteiger partial charge in [-0.05, 0) is 24.6 Å². The Labute approximate surface area is 157 Å². The molecule has 1 N–H and O–H groups in total. The van der Waals surface area contributed by atoms with Gasteiger partial charge in [-0.15, -0.1) is 0 Å². The van der Waals surface area contributed by atoms with Gasteiger partial charge in [-0.1, -0.05) is 35.9 Å². The fourth-order valence-electron chi connectivity index (χ4n) is 3.23. The lowest BCUT2D eigenvalue weighted by Crippen LogP contribution is -2.24. The smallest absolute Gasteiger partial charge is 0.295 e. The Morgan fingerprint density at radius 2 is 1.63 bits per heavy atom. The van der Waals surface area contributed by atoms with Crippen molar-refractivity contribution in [2.24, 2.45) is 0 Å². The molecule has 0 saturated carbocycles. The summed E-state index contributed by atoms with van der Waals surface area (Å²) in [5, 5.41) is 10.8. The molecule has 3 rings (SSSR count). The Kier molecular flexibility index (Phi) is 4.90. The van der Waals surface area contributed by atoms with Gasteiger partial charge in [-0.3, -0.25) is 9.59 Å². The summed E-state index contributed by atoms with van der Waals surface area (Å²) < 4.78 is 10.6. The summed E-state index contributed by atoms with van der Waals surface area (Å²) in [5.41, 5.74) is 2.21. The van der Waals surface area contributed by atoms with Crippen molar-refractivity contribution in [2.45, 2.75) is 13.0 Å². The highest BCUT2D eigenvalue weighted by atomic mass is 16.5. The summed E-state index contributed by atoms with van der Waals surface area (Å²) in [6, 6.07) is 11.6. The molecule has 1 atom stereocenters. The largest absolute Gasteiger partial charge is 0.507 e. The summed E-state index contributed by atoms with van der Waals surface area (Å²) in [7, 11) is 4.58. The molecule has 0 aliphatic carbocycles. The van der Waals surface area contributed by atoms with Crippen LogP contribution in [0.1, 0.15) is 22.7 Å². The van der Waals surface area contributed by atoms with Crippen LogP contribution in [-0.2, 0) is 9.59 Å². The molecule has 6 heteroatoms. The van der Waals surface area contributed by atoms with Crippen molar-refractivity contribution in [3.05, 3.63) is 64.7 Å². The minimum Gasteiger partial charge on any atom is -0.507 e. The van der Waals surface area contributed by atoms with E-state index in [9.17, 15) is 14.7 Å². The van der Waals surface area contributed by atoms with E-state index in [1.54, 1.807) is 30.3 Å². The molecule has 1 heterocycles. The monoisotopic (exact) mass is 367 g/mol. The van der Waals surface area contributed by atoms with E-state index in [1.807, 2.05) is 19.1 Å². The molecule has 1 aliphatic rings. The molecule has 27 heavy (non-hydrogen) atoms. The summed E-state index contributed by atoms with van der Waals surface area (Å²) in [4.78, 5) is 26.3. The van der Waals surface area contributed by atoms with Crippen LogP contribution in [0, 0.1) is 6.92 Å². The maximum Gasteiger partial charge on any atom is 0.295 e. The lowest BCUT2D eigenvalue weighted by molar-refractivity contribution is -0.139. The van der Waals surface area contributed by atoms with E-state index < -0.39 is 17.7 Å². The summed E-state index contributed by atoms with van der Waals surface area (Å²) in [6.07, 6.45) is 0. The van der Waals surface area contributed by atoms with E-state index in [4.69, 9.17) is 9.47 Å². The first-order valence-corrected chi connectivity index (χ1v) is 8.42. The summed E-state index contributed by atoms with van der Waals surface area (Å²) in [5.74, 6) is -0.562. The molecule has 0 spiro atoms. The van der Waals surface area contributed by atoms with Gasteiger partial charge in [0.2, 0.25) is 0 Å². The second-order valence-corrected chi connectivity index (χ2v) is 6.39. The molecule has 0 aromatic heterocycles. The van der Waals surface area contributed by atoms with Gasteiger partial charge in [0.25, 0.3) is 11.7 Å². The molecule has 0 radical (unpaired) electrons. The maximum atomic E-state index is 12.6. The molecule has 1 unspecified atom stereocenters. The third-order valence-corrected chi connectivity index (χ3v) is 4.72. The van der Waals surface area contributed by atoms with Gasteiger partial charge in [-0.25, -0.2) is 0 Å². The van der Waals surface area contributed by atoms with Crippen LogP contribution in [0.15, 0.2) is 48.0 Å². The van der Waals surface area contributed by atoms with E-state index in [0.29, 0.717) is 22.6 Å². The molecule has 6 nitrogen and oxygen atoms in total. The Bertz CT molecular complexity index is 930. The standard InChI is InChI=1S/C21H21NO5/c1-12-5-7-13(8-6-12)19(23)17-18(22(2)21(25)20(17)24)14-9-10-15(26-3)16(11-14)27-4/h5-11,18,23H,1-4H3/b19-17+. The van der Waals surface area contributed by atoms with Crippen LogP contribution < -0.4 is 9.47 Å². The number of hydrogen-bond acceptors (Lipinski definition) is 5. The maximum absolute atomic E-state index is 12.6. The first-order chi connectivity index (χ1) is 12.9. The van der Waals surface area contributed by atoms with Crippen molar-refractivity contribution in [3.63, 3.8) is 0 Å². The number of nitrogens with zero attached hydrogens (tertiary/aromatic N) is 1. The molecule has 1 aliphatic heterocycles. The van der Waals surface area contributed by atoms with Crippen LogP contribution in [0.2, 0.25) is 0 Å². The number of ketones is 1. The van der Waals surface area contributed by atoms with Gasteiger partial charge in [0.1, 0.15) is 5.76 Å². The number of Topliss-reactive ketones (excluding diaryl/α,β-unsaturated/α-hetero) is 1. The fraction of sp³-hybridized carbons (Fsp3) is 0.238. The summed E-state index contributed by atoms with van der Waals surface area (Å²) >= 11 is 0.